The number of methoxy groups -OCH3 is 1. The van der Waals surface area contributed by atoms with E-state index in [2.05, 4.69) is 26.1 Å². The van der Waals surface area contributed by atoms with E-state index < -0.39 is 0 Å². The van der Waals surface area contributed by atoms with Crippen LogP contribution in [0, 0.1) is 16.7 Å². The minimum absolute atomic E-state index is 0.543. The number of ether oxygens (including phenoxy) is 1. The van der Waals surface area contributed by atoms with Crippen molar-refractivity contribution in [3.05, 3.63) is 0 Å². The van der Waals surface area contributed by atoms with Gasteiger partial charge < -0.3 is 10.1 Å². The van der Waals surface area contributed by atoms with Gasteiger partial charge in [-0.3, -0.25) is 0 Å². The summed E-state index contributed by atoms with van der Waals surface area (Å²) in [6, 6.07) is 0.777. The van der Waals surface area contributed by atoms with Crippen molar-refractivity contribution in [1.82, 2.24) is 5.32 Å². The Morgan fingerprint density at radius 2 is 1.80 bits per heavy atom. The fraction of sp³-hybridized carbons (Fsp3) is 1.00. The Morgan fingerprint density at radius 3 is 2.30 bits per heavy atom. The van der Waals surface area contributed by atoms with Crippen LogP contribution in [0.25, 0.3) is 0 Å². The molecule has 0 saturated heterocycles. The van der Waals surface area contributed by atoms with Crippen LogP contribution in [0.5, 0.6) is 0 Å². The highest BCUT2D eigenvalue weighted by molar-refractivity contribution is 4.96. The van der Waals surface area contributed by atoms with Crippen molar-refractivity contribution in [3.8, 4) is 0 Å². The van der Waals surface area contributed by atoms with Crippen LogP contribution >= 0.6 is 0 Å². The van der Waals surface area contributed by atoms with E-state index >= 15 is 0 Å². The van der Waals surface area contributed by atoms with Crippen molar-refractivity contribution in [3.63, 3.8) is 0 Å². The van der Waals surface area contributed by atoms with Gasteiger partial charge in [-0.1, -0.05) is 27.2 Å². The van der Waals surface area contributed by atoms with Crippen LogP contribution in [0.4, 0.5) is 0 Å². The molecule has 0 aromatic heterocycles. The van der Waals surface area contributed by atoms with Crippen molar-refractivity contribution in [1.29, 1.82) is 0 Å². The molecule has 2 heteroatoms. The first kappa shape index (κ1) is 16.3. The summed E-state index contributed by atoms with van der Waals surface area (Å²) in [5.41, 5.74) is 1.14. The van der Waals surface area contributed by atoms with Crippen LogP contribution in [0.2, 0.25) is 0 Å². The first-order chi connectivity index (χ1) is 9.51. The summed E-state index contributed by atoms with van der Waals surface area (Å²) >= 11 is 0. The maximum absolute atomic E-state index is 5.25. The van der Waals surface area contributed by atoms with E-state index in [4.69, 9.17) is 4.74 Å². The average Bonchev–Trinajstić information content (AvgIpc) is 3.24. The highest BCUT2D eigenvalue weighted by Crippen LogP contribution is 2.48. The molecule has 2 aliphatic rings. The Bertz CT molecular complexity index is 288. The molecule has 2 aliphatic carbocycles. The minimum Gasteiger partial charge on any atom is -0.385 e. The molecule has 0 aliphatic heterocycles. The van der Waals surface area contributed by atoms with Gasteiger partial charge in [-0.15, -0.1) is 0 Å². The topological polar surface area (TPSA) is 21.3 Å². The Balaban J connectivity index is 1.67. The van der Waals surface area contributed by atoms with Crippen molar-refractivity contribution >= 4 is 0 Å². The highest BCUT2D eigenvalue weighted by atomic mass is 16.5. The number of hydrogen-bond donors (Lipinski definition) is 1. The Labute approximate surface area is 126 Å². The van der Waals surface area contributed by atoms with Gasteiger partial charge in [-0.2, -0.15) is 0 Å². The second-order valence-corrected chi connectivity index (χ2v) is 8.01. The predicted molar refractivity (Wildman–Crippen MR) is 86.0 cm³/mol. The third-order valence-electron chi connectivity index (χ3n) is 6.30. The van der Waals surface area contributed by atoms with Gasteiger partial charge in [0.05, 0.1) is 0 Å². The molecule has 20 heavy (non-hydrogen) atoms. The summed E-state index contributed by atoms with van der Waals surface area (Å²) in [5, 5.41) is 3.87. The van der Waals surface area contributed by atoms with E-state index in [1.165, 1.54) is 57.9 Å². The standard InChI is InChI=1S/C18H35NO/c1-5-17(2,3)15-6-8-16(9-7-15)19-14-18(10-11-18)12-13-20-4/h15-16,19H,5-14H2,1-4H3. The summed E-state index contributed by atoms with van der Waals surface area (Å²) in [6.45, 7) is 9.41. The number of nitrogens with one attached hydrogen (secondary N) is 1. The normalized spacial score (nSPS) is 29.4. The van der Waals surface area contributed by atoms with Gasteiger partial charge in [-0.05, 0) is 61.7 Å². The van der Waals surface area contributed by atoms with Crippen molar-refractivity contribution in [2.75, 3.05) is 20.3 Å². The highest BCUT2D eigenvalue weighted by Gasteiger charge is 2.42. The SMILES string of the molecule is CCC(C)(C)C1CCC(NCC2(CCOC)CC2)CC1. The van der Waals surface area contributed by atoms with Gasteiger partial charge in [0.1, 0.15) is 0 Å². The number of rotatable bonds is 8. The zero-order valence-corrected chi connectivity index (χ0v) is 14.1. The van der Waals surface area contributed by atoms with Crippen LogP contribution < -0.4 is 5.32 Å². The zero-order chi connectivity index (χ0) is 14.6. The smallest absolute Gasteiger partial charge is 0.0468 e. The third kappa shape index (κ3) is 4.21. The molecule has 2 nitrogen and oxygen atoms in total. The molecule has 2 saturated carbocycles. The molecule has 0 bridgehead atoms. The van der Waals surface area contributed by atoms with E-state index in [0.29, 0.717) is 10.8 Å². The van der Waals surface area contributed by atoms with Crippen molar-refractivity contribution in [2.24, 2.45) is 16.7 Å². The molecule has 0 aromatic rings. The maximum Gasteiger partial charge on any atom is 0.0468 e. The summed E-state index contributed by atoms with van der Waals surface area (Å²) in [4.78, 5) is 0. The molecular weight excluding hydrogens is 246 g/mol. The first-order valence-electron chi connectivity index (χ1n) is 8.74. The molecule has 118 valence electrons. The van der Waals surface area contributed by atoms with E-state index in [1.54, 1.807) is 0 Å². The molecule has 0 heterocycles. The Morgan fingerprint density at radius 1 is 1.15 bits per heavy atom. The van der Waals surface area contributed by atoms with E-state index in [1.807, 2.05) is 7.11 Å². The molecule has 2 rings (SSSR count). The van der Waals surface area contributed by atoms with Gasteiger partial charge in [0, 0.05) is 26.3 Å². The van der Waals surface area contributed by atoms with Crippen molar-refractivity contribution in [2.45, 2.75) is 78.2 Å². The lowest BCUT2D eigenvalue weighted by atomic mass is 9.69. The van der Waals surface area contributed by atoms with Gasteiger partial charge in [0.25, 0.3) is 0 Å². The fourth-order valence-corrected chi connectivity index (χ4v) is 3.74. The minimum atomic E-state index is 0.543. The average molecular weight is 281 g/mol. The van der Waals surface area contributed by atoms with E-state index in [9.17, 15) is 0 Å². The Hall–Kier alpha value is -0.0800. The summed E-state index contributed by atoms with van der Waals surface area (Å²) in [5.74, 6) is 0.939. The third-order valence-corrected chi connectivity index (χ3v) is 6.30. The van der Waals surface area contributed by atoms with Crippen LogP contribution in [0.1, 0.15) is 72.1 Å². The zero-order valence-electron chi connectivity index (χ0n) is 14.1. The molecule has 2 fully saturated rings. The second-order valence-electron chi connectivity index (χ2n) is 8.01. The molecule has 0 aromatic carbocycles. The predicted octanol–water partition coefficient (Wildman–Crippen LogP) is 4.39. The molecule has 0 spiro atoms. The van der Waals surface area contributed by atoms with Crippen LogP contribution in [-0.4, -0.2) is 26.3 Å². The Kier molecular flexibility index (Phi) is 5.53. The van der Waals surface area contributed by atoms with Crippen LogP contribution in [0.15, 0.2) is 0 Å². The number of hydrogen-bond acceptors (Lipinski definition) is 2. The summed E-state index contributed by atoms with van der Waals surface area (Å²) in [7, 11) is 1.82. The van der Waals surface area contributed by atoms with Gasteiger partial charge >= 0.3 is 0 Å². The van der Waals surface area contributed by atoms with Gasteiger partial charge in [-0.25, -0.2) is 0 Å². The quantitative estimate of drug-likeness (QED) is 0.712. The molecule has 0 amide bonds. The lowest BCUT2D eigenvalue weighted by Gasteiger charge is -2.39. The van der Waals surface area contributed by atoms with Crippen molar-refractivity contribution < 1.29 is 4.74 Å². The van der Waals surface area contributed by atoms with Crippen LogP contribution in [0.3, 0.4) is 0 Å². The molecule has 0 radical (unpaired) electrons. The molecule has 0 unspecified atom stereocenters. The van der Waals surface area contributed by atoms with E-state index in [-0.39, 0.29) is 0 Å². The maximum atomic E-state index is 5.25. The van der Waals surface area contributed by atoms with Gasteiger partial charge in [0.15, 0.2) is 0 Å². The van der Waals surface area contributed by atoms with Crippen LogP contribution in [-0.2, 0) is 4.74 Å². The fourth-order valence-electron chi connectivity index (χ4n) is 3.74. The summed E-state index contributed by atoms with van der Waals surface area (Å²) in [6.07, 6.45) is 11.0. The largest absolute Gasteiger partial charge is 0.385 e. The molecule has 0 atom stereocenters. The summed E-state index contributed by atoms with van der Waals surface area (Å²) < 4.78 is 5.25. The van der Waals surface area contributed by atoms with Gasteiger partial charge in [0.2, 0.25) is 0 Å². The second kappa shape index (κ2) is 6.79. The monoisotopic (exact) mass is 281 g/mol. The lowest BCUT2D eigenvalue weighted by molar-refractivity contribution is 0.132. The lowest BCUT2D eigenvalue weighted by Crippen LogP contribution is -2.39. The van der Waals surface area contributed by atoms with E-state index in [0.717, 1.165) is 18.6 Å². The first-order valence-corrected chi connectivity index (χ1v) is 8.74. The molecule has 1 N–H and O–H groups in total. The molecular formula is C18H35NO.